The quantitative estimate of drug-likeness (QED) is 0.712. The van der Waals surface area contributed by atoms with Crippen molar-refractivity contribution >= 4 is 5.52 Å². The van der Waals surface area contributed by atoms with E-state index in [1.807, 2.05) is 30.3 Å². The van der Waals surface area contributed by atoms with Crippen LogP contribution in [-0.4, -0.2) is 16.5 Å². The Hall–Kier alpha value is -2.29. The van der Waals surface area contributed by atoms with Crippen LogP contribution in [0, 0.1) is 0 Å². The van der Waals surface area contributed by atoms with Gasteiger partial charge < -0.3 is 9.14 Å². The maximum absolute atomic E-state index is 5.29. The molecule has 0 amide bonds. The lowest BCUT2D eigenvalue weighted by Gasteiger charge is -2.02. The smallest absolute Gasteiger partial charge is 0.119 e. The van der Waals surface area contributed by atoms with Gasteiger partial charge in [-0.05, 0) is 24.3 Å². The molecule has 3 nitrogen and oxygen atoms in total. The fraction of sp³-hybridized carbons (Fsp3) is 0.188. The molecule has 3 aromatic rings. The van der Waals surface area contributed by atoms with Crippen molar-refractivity contribution < 1.29 is 4.74 Å². The van der Waals surface area contributed by atoms with Crippen molar-refractivity contribution in [3.63, 3.8) is 0 Å². The van der Waals surface area contributed by atoms with Crippen LogP contribution in [0.15, 0.2) is 48.7 Å². The van der Waals surface area contributed by atoms with Crippen LogP contribution < -0.4 is 4.74 Å². The van der Waals surface area contributed by atoms with Gasteiger partial charge in [0, 0.05) is 18.2 Å². The summed E-state index contributed by atoms with van der Waals surface area (Å²) >= 11 is 0. The molecule has 2 aromatic heterocycles. The van der Waals surface area contributed by atoms with Crippen LogP contribution in [0.2, 0.25) is 0 Å². The first-order valence-corrected chi connectivity index (χ1v) is 6.44. The van der Waals surface area contributed by atoms with Gasteiger partial charge in [0.25, 0.3) is 0 Å². The highest BCUT2D eigenvalue weighted by atomic mass is 16.5. The van der Waals surface area contributed by atoms with Gasteiger partial charge in [-0.25, -0.2) is 4.98 Å². The highest BCUT2D eigenvalue weighted by Gasteiger charge is 2.11. The number of aryl methyl sites for hydroxylation is 1. The molecule has 0 fully saturated rings. The summed E-state index contributed by atoms with van der Waals surface area (Å²) in [7, 11) is 1.68. The van der Waals surface area contributed by atoms with Crippen molar-refractivity contribution in [1.82, 2.24) is 9.38 Å². The molecule has 0 spiro atoms. The molecule has 0 atom stereocenters. The number of nitrogens with zero attached hydrogens (tertiary/aromatic N) is 2. The number of hydrogen-bond acceptors (Lipinski definition) is 2. The molecule has 3 heteroatoms. The van der Waals surface area contributed by atoms with E-state index in [4.69, 9.17) is 9.72 Å². The fourth-order valence-corrected chi connectivity index (χ4v) is 2.33. The summed E-state index contributed by atoms with van der Waals surface area (Å²) in [6, 6.07) is 14.2. The van der Waals surface area contributed by atoms with Crippen LogP contribution in [0.5, 0.6) is 5.75 Å². The Labute approximate surface area is 112 Å². The Morgan fingerprint density at radius 1 is 1.16 bits per heavy atom. The highest BCUT2D eigenvalue weighted by Crippen LogP contribution is 2.27. The molecule has 96 valence electrons. The first-order chi connectivity index (χ1) is 9.33. The lowest BCUT2D eigenvalue weighted by molar-refractivity contribution is 0.415. The third kappa shape index (κ3) is 1.97. The lowest BCUT2D eigenvalue weighted by Crippen LogP contribution is -1.90. The van der Waals surface area contributed by atoms with Crippen molar-refractivity contribution in [2.75, 3.05) is 7.11 Å². The molecule has 0 unspecified atom stereocenters. The lowest BCUT2D eigenvalue weighted by atomic mass is 10.1. The molecule has 3 rings (SSSR count). The van der Waals surface area contributed by atoms with E-state index in [0.717, 1.165) is 34.8 Å². The predicted octanol–water partition coefficient (Wildman–Crippen LogP) is 3.57. The van der Waals surface area contributed by atoms with Gasteiger partial charge in [0.15, 0.2) is 0 Å². The number of methoxy groups -OCH3 is 1. The van der Waals surface area contributed by atoms with Crippen molar-refractivity contribution in [2.45, 2.75) is 13.3 Å². The number of imidazole rings is 1. The summed E-state index contributed by atoms with van der Waals surface area (Å²) in [4.78, 5) is 4.76. The predicted molar refractivity (Wildman–Crippen MR) is 76.6 cm³/mol. The van der Waals surface area contributed by atoms with Crippen LogP contribution in [0.25, 0.3) is 16.8 Å². The first kappa shape index (κ1) is 11.8. The summed E-state index contributed by atoms with van der Waals surface area (Å²) in [5.74, 6) is 1.93. The molecule has 0 saturated carbocycles. The summed E-state index contributed by atoms with van der Waals surface area (Å²) in [5.41, 5.74) is 3.23. The molecule has 0 aliphatic heterocycles. The normalized spacial score (nSPS) is 10.8. The second-order valence-corrected chi connectivity index (χ2v) is 4.42. The minimum absolute atomic E-state index is 0.854. The third-order valence-corrected chi connectivity index (χ3v) is 3.28. The zero-order valence-electron chi connectivity index (χ0n) is 11.1. The minimum atomic E-state index is 0.854. The number of pyridine rings is 1. The summed E-state index contributed by atoms with van der Waals surface area (Å²) in [5, 5.41) is 0. The van der Waals surface area contributed by atoms with Gasteiger partial charge in [-0.3, -0.25) is 0 Å². The van der Waals surface area contributed by atoms with E-state index in [2.05, 4.69) is 29.7 Å². The van der Waals surface area contributed by atoms with E-state index in [-0.39, 0.29) is 0 Å². The van der Waals surface area contributed by atoms with Gasteiger partial charge in [0.2, 0.25) is 0 Å². The van der Waals surface area contributed by atoms with Gasteiger partial charge in [-0.15, -0.1) is 0 Å². The molecular formula is C16H16N2O. The standard InChI is InChI=1S/C16H16N2O/c1-3-15-17-16(14-9-4-5-10-18(14)15)12-7-6-8-13(11-12)19-2/h4-11H,3H2,1-2H3. The number of hydrogen-bond donors (Lipinski definition) is 0. The van der Waals surface area contributed by atoms with Crippen molar-refractivity contribution in [2.24, 2.45) is 0 Å². The molecule has 0 aliphatic carbocycles. The molecule has 0 saturated heterocycles. The summed E-state index contributed by atoms with van der Waals surface area (Å²) < 4.78 is 7.43. The number of ether oxygens (including phenoxy) is 1. The van der Waals surface area contributed by atoms with Gasteiger partial charge >= 0.3 is 0 Å². The van der Waals surface area contributed by atoms with Crippen LogP contribution in [0.4, 0.5) is 0 Å². The van der Waals surface area contributed by atoms with Gasteiger partial charge in [-0.1, -0.05) is 25.1 Å². The van der Waals surface area contributed by atoms with Gasteiger partial charge in [0.1, 0.15) is 11.6 Å². The second kappa shape index (κ2) is 4.76. The summed E-state index contributed by atoms with van der Waals surface area (Å²) in [6.45, 7) is 2.12. The van der Waals surface area contributed by atoms with Crippen molar-refractivity contribution in [1.29, 1.82) is 0 Å². The zero-order chi connectivity index (χ0) is 13.2. The average Bonchev–Trinajstić information content (AvgIpc) is 2.86. The largest absolute Gasteiger partial charge is 0.497 e. The molecular weight excluding hydrogens is 236 g/mol. The molecule has 0 aliphatic rings. The number of rotatable bonds is 3. The maximum atomic E-state index is 5.29. The molecule has 0 bridgehead atoms. The number of benzene rings is 1. The monoisotopic (exact) mass is 252 g/mol. The summed E-state index contributed by atoms with van der Waals surface area (Å²) in [6.07, 6.45) is 2.97. The fourth-order valence-electron chi connectivity index (χ4n) is 2.33. The molecule has 0 N–H and O–H groups in total. The van der Waals surface area contributed by atoms with Crippen LogP contribution in [0.3, 0.4) is 0 Å². The second-order valence-electron chi connectivity index (χ2n) is 4.42. The molecule has 1 aromatic carbocycles. The van der Waals surface area contributed by atoms with E-state index >= 15 is 0 Å². The van der Waals surface area contributed by atoms with E-state index < -0.39 is 0 Å². The maximum Gasteiger partial charge on any atom is 0.119 e. The van der Waals surface area contributed by atoms with Gasteiger partial charge in [-0.2, -0.15) is 0 Å². The van der Waals surface area contributed by atoms with Crippen LogP contribution in [0.1, 0.15) is 12.7 Å². The Balaban J connectivity index is 2.24. The van der Waals surface area contributed by atoms with Crippen LogP contribution in [-0.2, 0) is 6.42 Å². The van der Waals surface area contributed by atoms with E-state index in [9.17, 15) is 0 Å². The third-order valence-electron chi connectivity index (χ3n) is 3.28. The van der Waals surface area contributed by atoms with E-state index in [1.54, 1.807) is 7.11 Å². The number of fused-ring (bicyclic) bond motifs is 1. The minimum Gasteiger partial charge on any atom is -0.497 e. The van der Waals surface area contributed by atoms with Crippen molar-refractivity contribution in [3.05, 3.63) is 54.5 Å². The topological polar surface area (TPSA) is 26.5 Å². The Bertz CT molecular complexity index is 716. The first-order valence-electron chi connectivity index (χ1n) is 6.44. The highest BCUT2D eigenvalue weighted by molar-refractivity contribution is 5.78. The number of aromatic nitrogens is 2. The Morgan fingerprint density at radius 2 is 2.05 bits per heavy atom. The van der Waals surface area contributed by atoms with Crippen molar-refractivity contribution in [3.8, 4) is 17.0 Å². The van der Waals surface area contributed by atoms with E-state index in [1.165, 1.54) is 0 Å². The average molecular weight is 252 g/mol. The zero-order valence-corrected chi connectivity index (χ0v) is 11.1. The van der Waals surface area contributed by atoms with E-state index in [0.29, 0.717) is 0 Å². The molecule has 0 radical (unpaired) electrons. The van der Waals surface area contributed by atoms with Crippen LogP contribution >= 0.6 is 0 Å². The SMILES string of the molecule is CCc1nc(-c2cccc(OC)c2)c2ccccn12. The molecule has 2 heterocycles. The molecule has 19 heavy (non-hydrogen) atoms. The Morgan fingerprint density at radius 3 is 2.84 bits per heavy atom. The van der Waals surface area contributed by atoms with Gasteiger partial charge in [0.05, 0.1) is 18.3 Å². The Kier molecular flexibility index (Phi) is 2.95.